The van der Waals surface area contributed by atoms with Crippen molar-refractivity contribution in [2.45, 2.75) is 60.4 Å². The van der Waals surface area contributed by atoms with Crippen LogP contribution in [0.5, 0.6) is 0 Å². The minimum atomic E-state index is -0.232. The van der Waals surface area contributed by atoms with Gasteiger partial charge >= 0.3 is 17.4 Å². The quantitative estimate of drug-likeness (QED) is 0.236. The van der Waals surface area contributed by atoms with Crippen LogP contribution in [0.15, 0.2) is 0 Å². The Balaban J connectivity index is -0.000000152. The van der Waals surface area contributed by atoms with Gasteiger partial charge in [0.1, 0.15) is 0 Å². The molecule has 0 heterocycles. The first-order chi connectivity index (χ1) is 12.9. The van der Waals surface area contributed by atoms with Gasteiger partial charge in [0.05, 0.1) is 0 Å². The number of rotatable bonds is 15. The smallest absolute Gasteiger partial charge is 0.853 e. The maximum absolute atomic E-state index is 9.86. The summed E-state index contributed by atoms with van der Waals surface area (Å²) in [5, 5.41) is 29.6. The fourth-order valence-electron chi connectivity index (χ4n) is 1.49. The third kappa shape index (κ3) is 37.0. The minimum absolute atomic E-state index is 0. The second kappa shape index (κ2) is 31.9. The summed E-state index contributed by atoms with van der Waals surface area (Å²) < 4.78 is 29.6. The van der Waals surface area contributed by atoms with Crippen molar-refractivity contribution in [2.24, 2.45) is 0 Å². The zero-order valence-electron chi connectivity index (χ0n) is 18.3. The van der Waals surface area contributed by atoms with Gasteiger partial charge in [-0.25, -0.2) is 0 Å². The Morgan fingerprint density at radius 1 is 0.500 bits per heavy atom. The van der Waals surface area contributed by atoms with Crippen LogP contribution in [0.4, 0.5) is 0 Å². The molecule has 3 atom stereocenters. The van der Waals surface area contributed by atoms with Gasteiger partial charge in [-0.3, -0.25) is 0 Å². The van der Waals surface area contributed by atoms with Gasteiger partial charge < -0.3 is 43.7 Å². The van der Waals surface area contributed by atoms with Crippen LogP contribution in [-0.4, -0.2) is 95.7 Å². The molecule has 168 valence electrons. The molecule has 0 aliphatic rings. The van der Waals surface area contributed by atoms with Crippen LogP contribution in [0.2, 0.25) is 0 Å². The topological polar surface area (TPSA) is 125 Å². The predicted molar refractivity (Wildman–Crippen MR) is 101 cm³/mol. The predicted octanol–water partition coefficient (Wildman–Crippen LogP) is -1.14. The van der Waals surface area contributed by atoms with Gasteiger partial charge in [-0.15, -0.1) is 19.8 Å². The van der Waals surface area contributed by atoms with Crippen LogP contribution in [0, 0.1) is 0 Å². The van der Waals surface area contributed by atoms with Gasteiger partial charge in [0.25, 0.3) is 0 Å². The van der Waals surface area contributed by atoms with E-state index in [1.165, 1.54) is 0 Å². The first-order valence-corrected chi connectivity index (χ1v) is 9.37. The van der Waals surface area contributed by atoms with Crippen LogP contribution in [-0.2, 0) is 28.4 Å². The molecule has 0 amide bonds. The Hall–Kier alpha value is 0.172. The van der Waals surface area contributed by atoms with Crippen LogP contribution >= 0.6 is 0 Å². The first kappa shape index (κ1) is 35.6. The van der Waals surface area contributed by atoms with Gasteiger partial charge in [-0.2, -0.15) is 0 Å². The van der Waals surface area contributed by atoms with E-state index >= 15 is 0 Å². The van der Waals surface area contributed by atoms with Gasteiger partial charge in [-0.1, -0.05) is 0 Å². The van der Waals surface area contributed by atoms with Crippen LogP contribution < -0.4 is 15.3 Å². The zero-order valence-corrected chi connectivity index (χ0v) is 19.5. The van der Waals surface area contributed by atoms with Crippen molar-refractivity contribution in [2.75, 3.05) is 59.5 Å². The summed E-state index contributed by atoms with van der Waals surface area (Å²) in [6.07, 6.45) is -0.697. The molecule has 9 nitrogen and oxygen atoms in total. The van der Waals surface area contributed by atoms with E-state index in [1.807, 2.05) is 20.8 Å². The van der Waals surface area contributed by atoms with Crippen molar-refractivity contribution in [3.05, 3.63) is 0 Å². The third-order valence-corrected chi connectivity index (χ3v) is 2.51. The summed E-state index contributed by atoms with van der Waals surface area (Å²) in [6.45, 7) is 13.0. The molecule has 0 N–H and O–H groups in total. The molecule has 0 aliphatic carbocycles. The van der Waals surface area contributed by atoms with E-state index in [1.54, 1.807) is 20.8 Å². The molecule has 0 aromatic rings. The molecule has 0 saturated carbocycles. The Morgan fingerprint density at radius 2 is 0.714 bits per heavy atom. The maximum Gasteiger partial charge on any atom is 3.00 e. The van der Waals surface area contributed by atoms with Gasteiger partial charge in [0.15, 0.2) is 18.9 Å². The Morgan fingerprint density at radius 3 is 0.857 bits per heavy atom. The van der Waals surface area contributed by atoms with Crippen molar-refractivity contribution in [3.8, 4) is 0 Å². The number of ether oxygens (including phenoxy) is 6. The molecule has 0 radical (unpaired) electrons. The fourth-order valence-corrected chi connectivity index (χ4v) is 1.49. The first-order valence-electron chi connectivity index (χ1n) is 9.37. The van der Waals surface area contributed by atoms with Crippen LogP contribution in [0.25, 0.3) is 0 Å². The van der Waals surface area contributed by atoms with Crippen LogP contribution in [0.3, 0.4) is 0 Å². The van der Waals surface area contributed by atoms with E-state index in [0.29, 0.717) is 19.8 Å². The fraction of sp³-hybridized carbons (Fsp3) is 1.00. The van der Waals surface area contributed by atoms with E-state index in [2.05, 4.69) is 0 Å². The molecular formula is C18H39AlO9. The average Bonchev–Trinajstić information content (AvgIpc) is 2.65. The SMILES string of the molecule is CCOC(C)OCC[O-].CCOC(C)OCC[O-].CCOC(C)OCC[O-].[Al+3]. The second-order valence-electron chi connectivity index (χ2n) is 4.79. The van der Waals surface area contributed by atoms with E-state index in [9.17, 15) is 15.3 Å². The summed E-state index contributed by atoms with van der Waals surface area (Å²) in [5.41, 5.74) is 0. The largest absolute Gasteiger partial charge is 3.00 e. The van der Waals surface area contributed by atoms with Gasteiger partial charge in [-0.05, 0) is 41.5 Å². The molecule has 0 aromatic heterocycles. The summed E-state index contributed by atoms with van der Waals surface area (Å²) in [7, 11) is 0. The molecule has 0 spiro atoms. The van der Waals surface area contributed by atoms with Crippen LogP contribution in [0.1, 0.15) is 41.5 Å². The standard InChI is InChI=1S/3C6H13O3.Al/c3*1-3-8-6(2)9-5-4-7;/h3*6H,3-5H2,1-2H3;/q3*-1;+3. The molecule has 0 aromatic carbocycles. The van der Waals surface area contributed by atoms with Crippen molar-refractivity contribution >= 4 is 17.4 Å². The van der Waals surface area contributed by atoms with E-state index in [4.69, 9.17) is 28.4 Å². The van der Waals surface area contributed by atoms with Crippen molar-refractivity contribution in [1.82, 2.24) is 0 Å². The molecule has 0 saturated heterocycles. The summed E-state index contributed by atoms with van der Waals surface area (Å²) in [4.78, 5) is 0. The molecule has 0 rings (SSSR count). The molecule has 3 unspecified atom stereocenters. The second-order valence-corrected chi connectivity index (χ2v) is 4.79. The normalized spacial score (nSPS) is 13.2. The Bertz CT molecular complexity index is 213. The minimum Gasteiger partial charge on any atom is -0.853 e. The average molecular weight is 426 g/mol. The molecular weight excluding hydrogens is 387 g/mol. The number of hydrogen-bond acceptors (Lipinski definition) is 9. The zero-order chi connectivity index (χ0) is 21.3. The third-order valence-electron chi connectivity index (χ3n) is 2.51. The van der Waals surface area contributed by atoms with Gasteiger partial charge in [0, 0.05) is 39.6 Å². The summed E-state index contributed by atoms with van der Waals surface area (Å²) in [5.74, 6) is 0. The monoisotopic (exact) mass is 426 g/mol. The molecule has 28 heavy (non-hydrogen) atoms. The molecule has 0 fully saturated rings. The van der Waals surface area contributed by atoms with E-state index < -0.39 is 0 Å². The van der Waals surface area contributed by atoms with E-state index in [0.717, 1.165) is 0 Å². The Kier molecular flexibility index (Phi) is 40.5. The number of hydrogen-bond donors (Lipinski definition) is 0. The molecule has 10 heteroatoms. The summed E-state index contributed by atoms with van der Waals surface area (Å²) in [6, 6.07) is 0. The van der Waals surface area contributed by atoms with Crippen molar-refractivity contribution in [1.29, 1.82) is 0 Å². The van der Waals surface area contributed by atoms with E-state index in [-0.39, 0.29) is 75.9 Å². The molecule has 0 bridgehead atoms. The summed E-state index contributed by atoms with van der Waals surface area (Å²) >= 11 is 0. The Labute approximate surface area is 181 Å². The molecule has 0 aliphatic heterocycles. The maximum atomic E-state index is 9.86. The van der Waals surface area contributed by atoms with Crippen molar-refractivity contribution < 1.29 is 43.7 Å². The van der Waals surface area contributed by atoms with Gasteiger partial charge in [0.2, 0.25) is 0 Å². The van der Waals surface area contributed by atoms with Crippen molar-refractivity contribution in [3.63, 3.8) is 0 Å².